The highest BCUT2D eigenvalue weighted by Crippen LogP contribution is 2.53. The Kier molecular flexibility index (Phi) is 6.90. The molecule has 0 radical (unpaired) electrons. The third-order valence-electron chi connectivity index (χ3n) is 13.8. The first-order valence-corrected chi connectivity index (χ1v) is 20.7. The van der Waals surface area contributed by atoms with Gasteiger partial charge in [-0.25, -0.2) is 0 Å². The molecule has 12 rings (SSSR count). The van der Waals surface area contributed by atoms with Crippen LogP contribution in [0.2, 0.25) is 0 Å². The highest BCUT2D eigenvalue weighted by atomic mass is 16.3. The van der Waals surface area contributed by atoms with Gasteiger partial charge in [0, 0.05) is 39.0 Å². The lowest BCUT2D eigenvalue weighted by atomic mass is 9.77. The number of nitrogens with zero attached hydrogens (tertiary/aromatic N) is 1. The second kappa shape index (κ2) is 11.9. The Morgan fingerprint density at radius 3 is 2.02 bits per heavy atom. The zero-order valence-corrected chi connectivity index (χ0v) is 33.3. The molecular weight excluding hydrogens is 703 g/mol. The number of anilines is 2. The van der Waals surface area contributed by atoms with Crippen LogP contribution in [0, 0.1) is 0 Å². The van der Waals surface area contributed by atoms with Gasteiger partial charge < -0.3 is 9.32 Å². The number of benzene rings is 8. The van der Waals surface area contributed by atoms with Gasteiger partial charge in [-0.3, -0.25) is 0 Å². The van der Waals surface area contributed by atoms with E-state index in [4.69, 9.17) is 4.42 Å². The van der Waals surface area contributed by atoms with E-state index in [9.17, 15) is 0 Å². The molecule has 0 amide bonds. The summed E-state index contributed by atoms with van der Waals surface area (Å²) in [5, 5.41) is 7.24. The maximum Gasteiger partial charge on any atom is 0.137 e. The highest BCUT2D eigenvalue weighted by molar-refractivity contribution is 6.22. The van der Waals surface area contributed by atoms with Crippen LogP contribution < -0.4 is 4.90 Å². The first kappa shape index (κ1) is 33.5. The van der Waals surface area contributed by atoms with Crippen molar-refractivity contribution in [1.82, 2.24) is 0 Å². The molecule has 0 aliphatic heterocycles. The number of hydrogen-bond acceptors (Lipinski definition) is 2. The fraction of sp³-hybridized carbons (Fsp3) is 0.143. The molecule has 0 spiro atoms. The molecule has 8 aromatic carbocycles. The van der Waals surface area contributed by atoms with Crippen molar-refractivity contribution in [2.24, 2.45) is 0 Å². The summed E-state index contributed by atoms with van der Waals surface area (Å²) in [4.78, 5) is 2.57. The third kappa shape index (κ3) is 4.66. The van der Waals surface area contributed by atoms with Gasteiger partial charge in [0.25, 0.3) is 0 Å². The Bertz CT molecular complexity index is 3280. The average molecular weight is 746 g/mol. The van der Waals surface area contributed by atoms with Gasteiger partial charge >= 0.3 is 0 Å². The van der Waals surface area contributed by atoms with Gasteiger partial charge in [0.1, 0.15) is 11.2 Å². The molecule has 0 N–H and O–H groups in total. The van der Waals surface area contributed by atoms with E-state index in [1.807, 2.05) is 0 Å². The fourth-order valence-electron chi connectivity index (χ4n) is 10.9. The molecule has 1 aromatic heterocycles. The highest BCUT2D eigenvalue weighted by Gasteiger charge is 2.41. The molecule has 2 nitrogen and oxygen atoms in total. The molecular formula is C56H43NO. The Labute approximate surface area is 339 Å². The van der Waals surface area contributed by atoms with Gasteiger partial charge in [0.05, 0.1) is 6.04 Å². The zero-order chi connectivity index (χ0) is 38.9. The summed E-state index contributed by atoms with van der Waals surface area (Å²) in [7, 11) is 0. The van der Waals surface area contributed by atoms with Crippen molar-refractivity contribution in [3.05, 3.63) is 198 Å². The van der Waals surface area contributed by atoms with Crippen molar-refractivity contribution in [3.63, 3.8) is 0 Å². The Morgan fingerprint density at radius 2 is 1.17 bits per heavy atom. The topological polar surface area (TPSA) is 16.4 Å². The molecule has 1 heterocycles. The summed E-state index contributed by atoms with van der Waals surface area (Å²) in [6, 6.07) is 58.5. The molecule has 9 aromatic rings. The molecule has 1 atom stereocenters. The van der Waals surface area contributed by atoms with Crippen LogP contribution in [0.3, 0.4) is 0 Å². The van der Waals surface area contributed by atoms with Crippen LogP contribution in [-0.4, -0.2) is 6.04 Å². The quantitative estimate of drug-likeness (QED) is 0.178. The van der Waals surface area contributed by atoms with Crippen LogP contribution in [0.15, 0.2) is 180 Å². The second-order valence-electron chi connectivity index (χ2n) is 17.7. The molecule has 3 aliphatic carbocycles. The van der Waals surface area contributed by atoms with E-state index >= 15 is 0 Å². The van der Waals surface area contributed by atoms with Crippen LogP contribution in [-0.2, 0) is 10.8 Å². The first-order valence-electron chi connectivity index (χ1n) is 20.7. The van der Waals surface area contributed by atoms with Crippen LogP contribution in [0.25, 0.3) is 71.3 Å². The number of fused-ring (bicyclic) bond motifs is 11. The van der Waals surface area contributed by atoms with E-state index in [2.05, 4.69) is 202 Å². The fourth-order valence-corrected chi connectivity index (χ4v) is 10.9. The molecule has 1 unspecified atom stereocenters. The van der Waals surface area contributed by atoms with Crippen LogP contribution in [0.4, 0.5) is 11.4 Å². The summed E-state index contributed by atoms with van der Waals surface area (Å²) >= 11 is 0. The summed E-state index contributed by atoms with van der Waals surface area (Å²) in [6.45, 7) is 9.55. The van der Waals surface area contributed by atoms with Gasteiger partial charge in [-0.1, -0.05) is 155 Å². The predicted octanol–water partition coefficient (Wildman–Crippen LogP) is 15.1. The zero-order valence-electron chi connectivity index (χ0n) is 33.3. The maximum absolute atomic E-state index is 6.96. The lowest BCUT2D eigenvalue weighted by Crippen LogP contribution is -2.33. The second-order valence-corrected chi connectivity index (χ2v) is 17.7. The van der Waals surface area contributed by atoms with E-state index < -0.39 is 0 Å². The van der Waals surface area contributed by atoms with Crippen LogP contribution >= 0.6 is 0 Å². The number of allylic oxidation sites excluding steroid dienone is 2. The maximum atomic E-state index is 6.96. The van der Waals surface area contributed by atoms with E-state index in [1.165, 1.54) is 88.3 Å². The summed E-state index contributed by atoms with van der Waals surface area (Å²) in [5.41, 5.74) is 17.5. The van der Waals surface area contributed by atoms with Crippen molar-refractivity contribution in [1.29, 1.82) is 0 Å². The number of rotatable bonds is 4. The first-order chi connectivity index (χ1) is 28.3. The summed E-state index contributed by atoms with van der Waals surface area (Å²) in [6.07, 6.45) is 5.78. The molecule has 0 saturated heterocycles. The van der Waals surface area contributed by atoms with Gasteiger partial charge in [-0.05, 0) is 120 Å². The normalized spacial score (nSPS) is 17.2. The molecule has 3 aliphatic rings. The van der Waals surface area contributed by atoms with Gasteiger partial charge in [0.2, 0.25) is 0 Å². The molecule has 0 fully saturated rings. The van der Waals surface area contributed by atoms with Crippen LogP contribution in [0.5, 0.6) is 0 Å². The number of furan rings is 1. The lowest BCUT2D eigenvalue weighted by molar-refractivity contribution is 0.584. The van der Waals surface area contributed by atoms with Gasteiger partial charge in [-0.15, -0.1) is 0 Å². The lowest BCUT2D eigenvalue weighted by Gasteiger charge is -2.37. The Morgan fingerprint density at radius 1 is 0.500 bits per heavy atom. The van der Waals surface area contributed by atoms with E-state index in [0.717, 1.165) is 28.7 Å². The minimum atomic E-state index is -0.104. The van der Waals surface area contributed by atoms with E-state index in [1.54, 1.807) is 0 Å². The van der Waals surface area contributed by atoms with Crippen molar-refractivity contribution in [2.45, 2.75) is 51.0 Å². The standard InChI is InChI=1S/C56H43NO/c1-55(2)48-19-11-9-16-41(48)43-26-23-37(30-50(43)55)57(38-24-27-44-42-17-10-12-20-49(42)56(3,4)51(44)31-38)39-25-28-46-52(32-39)58-53-33-47(40-15-7-8-18-45(40)54(46)53)36-22-21-34-13-5-6-14-35(34)29-36/h5-30,32-33,38H,31H2,1-4H3. The third-order valence-corrected chi connectivity index (χ3v) is 13.8. The van der Waals surface area contributed by atoms with Crippen molar-refractivity contribution < 1.29 is 4.42 Å². The SMILES string of the molecule is CC1(C)C2=C(C=CC(N(c3ccc4c(c3)C(C)(C)c3ccccc3-4)c3ccc4c(c3)oc3cc(-c5ccc6ccccc6c5)c5ccccc5c34)C2)c2ccccc21. The molecule has 58 heavy (non-hydrogen) atoms. The summed E-state index contributed by atoms with van der Waals surface area (Å²) < 4.78 is 6.96. The van der Waals surface area contributed by atoms with Crippen LogP contribution in [0.1, 0.15) is 56.4 Å². The van der Waals surface area contributed by atoms with Gasteiger partial charge in [0.15, 0.2) is 0 Å². The minimum Gasteiger partial charge on any atom is -0.456 e. The van der Waals surface area contributed by atoms with Crippen molar-refractivity contribution >= 4 is 60.4 Å². The Balaban J connectivity index is 1.03. The van der Waals surface area contributed by atoms with Gasteiger partial charge in [-0.2, -0.15) is 0 Å². The molecule has 2 heteroatoms. The minimum absolute atomic E-state index is 0.0470. The number of hydrogen-bond donors (Lipinski definition) is 0. The predicted molar refractivity (Wildman–Crippen MR) is 244 cm³/mol. The largest absolute Gasteiger partial charge is 0.456 e. The van der Waals surface area contributed by atoms with E-state index in [0.29, 0.717) is 0 Å². The van der Waals surface area contributed by atoms with E-state index in [-0.39, 0.29) is 16.9 Å². The average Bonchev–Trinajstić information content (AvgIpc) is 3.82. The molecule has 0 saturated carbocycles. The molecule has 278 valence electrons. The smallest absolute Gasteiger partial charge is 0.137 e. The monoisotopic (exact) mass is 745 g/mol. The summed E-state index contributed by atoms with van der Waals surface area (Å²) in [5.74, 6) is 0. The molecule has 0 bridgehead atoms. The van der Waals surface area contributed by atoms with Crippen molar-refractivity contribution in [3.8, 4) is 22.3 Å². The Hall–Kier alpha value is -6.64. The van der Waals surface area contributed by atoms with Crippen molar-refractivity contribution in [2.75, 3.05) is 4.90 Å².